The molecule has 0 aliphatic rings. The molecule has 0 bridgehead atoms. The predicted octanol–water partition coefficient (Wildman–Crippen LogP) is 3.33. The second kappa shape index (κ2) is 9.03. The summed E-state index contributed by atoms with van der Waals surface area (Å²) in [7, 11) is 1.62. The van der Waals surface area contributed by atoms with Crippen molar-refractivity contribution in [2.45, 2.75) is 31.2 Å². The van der Waals surface area contributed by atoms with Crippen molar-refractivity contribution < 1.29 is 9.53 Å². The van der Waals surface area contributed by atoms with Gasteiger partial charge in [-0.25, -0.2) is 9.97 Å². The number of hydrogen-bond acceptors (Lipinski definition) is 7. The van der Waals surface area contributed by atoms with Gasteiger partial charge in [0.2, 0.25) is 5.91 Å². The zero-order valence-electron chi connectivity index (χ0n) is 15.7. The number of benzene rings is 1. The second-order valence-electron chi connectivity index (χ2n) is 6.09. The fourth-order valence-corrected chi connectivity index (χ4v) is 4.06. The lowest BCUT2D eigenvalue weighted by molar-refractivity contribution is -0.115. The quantitative estimate of drug-likeness (QED) is 0.453. The number of ether oxygens (including phenoxy) is 1. The number of thioether (sulfide) groups is 1. The minimum Gasteiger partial charge on any atom is -0.497 e. The average molecular weight is 417 g/mol. The summed E-state index contributed by atoms with van der Waals surface area (Å²) in [5, 5.41) is 5.60. The molecule has 0 saturated heterocycles. The number of anilines is 1. The van der Waals surface area contributed by atoms with Gasteiger partial charge in [-0.1, -0.05) is 23.9 Å². The predicted molar refractivity (Wildman–Crippen MR) is 111 cm³/mol. The van der Waals surface area contributed by atoms with Crippen LogP contribution in [0.25, 0.3) is 0 Å². The molecular weight excluding hydrogens is 396 g/mol. The number of carbonyl (C=O) groups is 1. The molecule has 28 heavy (non-hydrogen) atoms. The van der Waals surface area contributed by atoms with Crippen molar-refractivity contribution in [1.82, 2.24) is 15.0 Å². The van der Waals surface area contributed by atoms with Gasteiger partial charge in [0, 0.05) is 22.4 Å². The molecule has 2 heterocycles. The molecule has 1 amide bonds. The fraction of sp³-hybridized carbons (Fsp3) is 0.263. The van der Waals surface area contributed by atoms with Gasteiger partial charge in [-0.3, -0.25) is 9.59 Å². The van der Waals surface area contributed by atoms with E-state index in [-0.39, 0.29) is 17.9 Å². The van der Waals surface area contributed by atoms with E-state index in [0.29, 0.717) is 27.3 Å². The van der Waals surface area contributed by atoms with Crippen molar-refractivity contribution in [3.05, 3.63) is 62.5 Å². The van der Waals surface area contributed by atoms with Crippen LogP contribution in [-0.4, -0.2) is 28.0 Å². The standard InChI is InChI=1S/C19H20N4O3S2/c1-11-9-27-18(20-11)22-16(24)8-15-12(2)21-19(23-17(15)25)28-10-13-5-4-6-14(7-13)26-3/h4-7,9H,8,10H2,1-3H3,(H,20,22,24)(H,21,23,25). The molecule has 0 radical (unpaired) electrons. The first-order chi connectivity index (χ1) is 13.4. The molecule has 3 rings (SSSR count). The number of hydrogen-bond donors (Lipinski definition) is 2. The molecule has 7 nitrogen and oxygen atoms in total. The van der Waals surface area contributed by atoms with Crippen molar-refractivity contribution >= 4 is 34.1 Å². The van der Waals surface area contributed by atoms with E-state index in [1.807, 2.05) is 36.6 Å². The van der Waals surface area contributed by atoms with Crippen LogP contribution in [0, 0.1) is 13.8 Å². The summed E-state index contributed by atoms with van der Waals surface area (Å²) < 4.78 is 5.22. The van der Waals surface area contributed by atoms with E-state index in [0.717, 1.165) is 17.0 Å². The Balaban J connectivity index is 1.66. The Morgan fingerprint density at radius 1 is 1.32 bits per heavy atom. The molecule has 0 spiro atoms. The molecule has 3 aromatic rings. The van der Waals surface area contributed by atoms with Crippen LogP contribution >= 0.6 is 23.1 Å². The Morgan fingerprint density at radius 2 is 2.14 bits per heavy atom. The SMILES string of the molecule is COc1cccc(CSc2nc(C)c(CC(=O)Nc3nc(C)cs3)c(=O)[nH]2)c1. The van der Waals surface area contributed by atoms with E-state index in [1.54, 1.807) is 14.0 Å². The number of aromatic nitrogens is 3. The van der Waals surface area contributed by atoms with Gasteiger partial charge in [0.05, 0.1) is 19.2 Å². The van der Waals surface area contributed by atoms with Crippen LogP contribution in [0.2, 0.25) is 0 Å². The lowest BCUT2D eigenvalue weighted by Crippen LogP contribution is -2.23. The monoisotopic (exact) mass is 416 g/mol. The summed E-state index contributed by atoms with van der Waals surface area (Å²) in [4.78, 5) is 36.0. The maximum atomic E-state index is 12.4. The fourth-order valence-electron chi connectivity index (χ4n) is 2.51. The Kier molecular flexibility index (Phi) is 6.48. The topological polar surface area (TPSA) is 97.0 Å². The average Bonchev–Trinajstić information content (AvgIpc) is 3.07. The number of amides is 1. The van der Waals surface area contributed by atoms with Crippen molar-refractivity contribution in [3.8, 4) is 5.75 Å². The van der Waals surface area contributed by atoms with Crippen LogP contribution in [0.4, 0.5) is 5.13 Å². The smallest absolute Gasteiger partial charge is 0.255 e. The summed E-state index contributed by atoms with van der Waals surface area (Å²) >= 11 is 2.77. The lowest BCUT2D eigenvalue weighted by atomic mass is 10.1. The van der Waals surface area contributed by atoms with E-state index in [9.17, 15) is 9.59 Å². The third-order valence-corrected chi connectivity index (χ3v) is 5.73. The molecule has 0 atom stereocenters. The maximum absolute atomic E-state index is 12.4. The Labute approximate surface area is 170 Å². The number of H-pyrrole nitrogens is 1. The molecule has 1 aromatic carbocycles. The van der Waals surface area contributed by atoms with Crippen LogP contribution in [0.15, 0.2) is 39.6 Å². The van der Waals surface area contributed by atoms with Crippen LogP contribution < -0.4 is 15.6 Å². The van der Waals surface area contributed by atoms with Crippen molar-refractivity contribution in [2.24, 2.45) is 0 Å². The van der Waals surface area contributed by atoms with E-state index in [4.69, 9.17) is 4.74 Å². The molecule has 0 unspecified atom stereocenters. The first-order valence-electron chi connectivity index (χ1n) is 8.52. The molecule has 0 saturated carbocycles. The molecule has 0 aliphatic heterocycles. The highest BCUT2D eigenvalue weighted by Crippen LogP contribution is 2.22. The van der Waals surface area contributed by atoms with Crippen molar-refractivity contribution in [3.63, 3.8) is 0 Å². The highest BCUT2D eigenvalue weighted by molar-refractivity contribution is 7.98. The molecule has 0 fully saturated rings. The number of methoxy groups -OCH3 is 1. The van der Waals surface area contributed by atoms with Crippen LogP contribution in [-0.2, 0) is 17.0 Å². The summed E-state index contributed by atoms with van der Waals surface area (Å²) in [6.07, 6.45) is -0.0480. The number of aryl methyl sites for hydroxylation is 2. The number of aromatic amines is 1. The van der Waals surface area contributed by atoms with E-state index < -0.39 is 0 Å². The van der Waals surface area contributed by atoms with Crippen molar-refractivity contribution in [2.75, 3.05) is 12.4 Å². The number of thiazole rings is 1. The minimum atomic E-state index is -0.300. The Hall–Kier alpha value is -2.65. The Morgan fingerprint density at radius 3 is 2.82 bits per heavy atom. The first kappa shape index (κ1) is 20.1. The highest BCUT2D eigenvalue weighted by Gasteiger charge is 2.14. The van der Waals surface area contributed by atoms with Crippen molar-refractivity contribution in [1.29, 1.82) is 0 Å². The largest absolute Gasteiger partial charge is 0.497 e. The van der Waals surface area contributed by atoms with E-state index >= 15 is 0 Å². The Bertz CT molecular complexity index is 1050. The third kappa shape index (κ3) is 5.20. The summed E-state index contributed by atoms with van der Waals surface area (Å²) in [5.41, 5.74) is 2.50. The van der Waals surface area contributed by atoms with Gasteiger partial charge >= 0.3 is 0 Å². The molecule has 0 aliphatic carbocycles. The van der Waals surface area contributed by atoms with Gasteiger partial charge in [0.25, 0.3) is 5.56 Å². The van der Waals surface area contributed by atoms with Crippen LogP contribution in [0.3, 0.4) is 0 Å². The van der Waals surface area contributed by atoms with E-state index in [2.05, 4.69) is 20.3 Å². The van der Waals surface area contributed by atoms with Crippen LogP contribution in [0.5, 0.6) is 5.75 Å². The van der Waals surface area contributed by atoms with Gasteiger partial charge in [-0.15, -0.1) is 11.3 Å². The van der Waals surface area contributed by atoms with Gasteiger partial charge in [-0.2, -0.15) is 0 Å². The molecule has 2 aromatic heterocycles. The van der Waals surface area contributed by atoms with Crippen LogP contribution in [0.1, 0.15) is 22.5 Å². The molecule has 9 heteroatoms. The normalized spacial score (nSPS) is 10.7. The molecular formula is C19H20N4O3S2. The zero-order valence-corrected chi connectivity index (χ0v) is 17.4. The third-order valence-electron chi connectivity index (χ3n) is 3.91. The number of carbonyl (C=O) groups excluding carboxylic acids is 1. The summed E-state index contributed by atoms with van der Waals surface area (Å²) in [6.45, 7) is 3.59. The van der Waals surface area contributed by atoms with E-state index in [1.165, 1.54) is 23.1 Å². The molecule has 2 N–H and O–H groups in total. The summed E-state index contributed by atoms with van der Waals surface area (Å²) in [6, 6.07) is 7.73. The number of rotatable bonds is 7. The number of nitrogens with one attached hydrogen (secondary N) is 2. The minimum absolute atomic E-state index is 0.0480. The zero-order chi connectivity index (χ0) is 20.1. The number of nitrogens with zero attached hydrogens (tertiary/aromatic N) is 2. The van der Waals surface area contributed by atoms with Gasteiger partial charge in [0.15, 0.2) is 10.3 Å². The van der Waals surface area contributed by atoms with Gasteiger partial charge < -0.3 is 15.0 Å². The molecule has 146 valence electrons. The van der Waals surface area contributed by atoms with Gasteiger partial charge in [-0.05, 0) is 31.5 Å². The summed E-state index contributed by atoms with van der Waals surface area (Å²) in [5.74, 6) is 1.14. The first-order valence-corrected chi connectivity index (χ1v) is 10.4. The lowest BCUT2D eigenvalue weighted by Gasteiger charge is -2.08. The van der Waals surface area contributed by atoms with Gasteiger partial charge in [0.1, 0.15) is 5.75 Å². The second-order valence-corrected chi connectivity index (χ2v) is 7.92. The highest BCUT2D eigenvalue weighted by atomic mass is 32.2. The maximum Gasteiger partial charge on any atom is 0.255 e.